The molecule has 1 heterocycles. The van der Waals surface area contributed by atoms with E-state index < -0.39 is 0 Å². The number of esters is 1. The van der Waals surface area contributed by atoms with Gasteiger partial charge in [-0.1, -0.05) is 43.2 Å². The van der Waals surface area contributed by atoms with Crippen molar-refractivity contribution in [2.24, 2.45) is 5.92 Å². The molecule has 19 heavy (non-hydrogen) atoms. The van der Waals surface area contributed by atoms with Crippen LogP contribution < -0.4 is 5.32 Å². The van der Waals surface area contributed by atoms with Gasteiger partial charge in [0.1, 0.15) is 12.6 Å². The number of hydrogen-bond acceptors (Lipinski definition) is 3. The Morgan fingerprint density at radius 2 is 2.00 bits per heavy atom. The maximum atomic E-state index is 12.1. The van der Waals surface area contributed by atoms with Gasteiger partial charge in [0.2, 0.25) is 0 Å². The molecule has 1 N–H and O–H groups in total. The monoisotopic (exact) mass is 259 g/mol. The van der Waals surface area contributed by atoms with Crippen molar-refractivity contribution in [1.82, 2.24) is 5.32 Å². The zero-order valence-corrected chi connectivity index (χ0v) is 11.2. The minimum absolute atomic E-state index is 0.0850. The van der Waals surface area contributed by atoms with Crippen molar-refractivity contribution in [3.05, 3.63) is 35.9 Å². The van der Waals surface area contributed by atoms with E-state index in [9.17, 15) is 4.79 Å². The molecule has 1 aromatic rings. The van der Waals surface area contributed by atoms with Crippen LogP contribution in [0.5, 0.6) is 0 Å². The SMILES string of the molecule is O=C(OCc1ccccc1)[C@H]1CC2CCCC[C@H]2N1. The summed E-state index contributed by atoms with van der Waals surface area (Å²) in [6.07, 6.45) is 6.04. The van der Waals surface area contributed by atoms with Crippen LogP contribution in [0.3, 0.4) is 0 Å². The van der Waals surface area contributed by atoms with Gasteiger partial charge in [-0.3, -0.25) is 4.79 Å². The fourth-order valence-electron chi connectivity index (χ4n) is 3.33. The van der Waals surface area contributed by atoms with E-state index in [2.05, 4.69) is 5.32 Å². The lowest BCUT2D eigenvalue weighted by molar-refractivity contribution is -0.147. The highest BCUT2D eigenvalue weighted by molar-refractivity contribution is 5.76. The van der Waals surface area contributed by atoms with E-state index in [1.165, 1.54) is 25.7 Å². The van der Waals surface area contributed by atoms with Gasteiger partial charge < -0.3 is 10.1 Å². The molecule has 0 radical (unpaired) electrons. The van der Waals surface area contributed by atoms with Crippen LogP contribution in [0.25, 0.3) is 0 Å². The van der Waals surface area contributed by atoms with Crippen molar-refractivity contribution in [2.75, 3.05) is 0 Å². The lowest BCUT2D eigenvalue weighted by Gasteiger charge is -2.24. The number of carbonyl (C=O) groups is 1. The molecule has 3 rings (SSSR count). The fourth-order valence-corrected chi connectivity index (χ4v) is 3.33. The summed E-state index contributed by atoms with van der Waals surface area (Å²) in [7, 11) is 0. The summed E-state index contributed by atoms with van der Waals surface area (Å²) >= 11 is 0. The molecule has 2 fully saturated rings. The number of fused-ring (bicyclic) bond motifs is 1. The van der Waals surface area contributed by atoms with E-state index in [1.807, 2.05) is 30.3 Å². The highest BCUT2D eigenvalue weighted by Gasteiger charge is 2.38. The summed E-state index contributed by atoms with van der Waals surface area (Å²) in [4.78, 5) is 12.1. The second-order valence-corrected chi connectivity index (χ2v) is 5.70. The van der Waals surface area contributed by atoms with Crippen molar-refractivity contribution < 1.29 is 9.53 Å². The van der Waals surface area contributed by atoms with E-state index >= 15 is 0 Å². The molecule has 0 aromatic heterocycles. The predicted molar refractivity (Wildman–Crippen MR) is 73.5 cm³/mol. The molecule has 1 aliphatic heterocycles. The van der Waals surface area contributed by atoms with E-state index in [0.717, 1.165) is 12.0 Å². The molecule has 1 saturated carbocycles. The second kappa shape index (κ2) is 5.74. The van der Waals surface area contributed by atoms with Crippen molar-refractivity contribution in [3.8, 4) is 0 Å². The molecule has 0 bridgehead atoms. The topological polar surface area (TPSA) is 38.3 Å². The third-order valence-corrected chi connectivity index (χ3v) is 4.37. The Morgan fingerprint density at radius 1 is 1.21 bits per heavy atom. The van der Waals surface area contributed by atoms with Crippen LogP contribution in [0.4, 0.5) is 0 Å². The second-order valence-electron chi connectivity index (χ2n) is 5.70. The molecule has 3 atom stereocenters. The zero-order valence-electron chi connectivity index (χ0n) is 11.2. The Hall–Kier alpha value is -1.35. The molecule has 0 amide bonds. The molecular weight excluding hydrogens is 238 g/mol. The third kappa shape index (κ3) is 2.98. The van der Waals surface area contributed by atoms with Gasteiger partial charge in [0.25, 0.3) is 0 Å². The summed E-state index contributed by atoms with van der Waals surface area (Å²) in [5, 5.41) is 3.45. The molecule has 1 aromatic carbocycles. The highest BCUT2D eigenvalue weighted by Crippen LogP contribution is 2.33. The van der Waals surface area contributed by atoms with Crippen LogP contribution >= 0.6 is 0 Å². The third-order valence-electron chi connectivity index (χ3n) is 4.37. The Morgan fingerprint density at radius 3 is 2.79 bits per heavy atom. The molecule has 1 aliphatic carbocycles. The first-order valence-electron chi connectivity index (χ1n) is 7.29. The molecule has 1 unspecified atom stereocenters. The van der Waals surface area contributed by atoms with Crippen molar-refractivity contribution in [3.63, 3.8) is 0 Å². The summed E-state index contributed by atoms with van der Waals surface area (Å²) in [5.41, 5.74) is 1.05. The molecule has 1 saturated heterocycles. The number of benzene rings is 1. The van der Waals surface area contributed by atoms with E-state index in [0.29, 0.717) is 18.6 Å². The van der Waals surface area contributed by atoms with Crippen LogP contribution in [0.2, 0.25) is 0 Å². The van der Waals surface area contributed by atoms with Crippen LogP contribution in [0.1, 0.15) is 37.7 Å². The number of rotatable bonds is 3. The lowest BCUT2D eigenvalue weighted by atomic mass is 9.85. The number of hydrogen-bond donors (Lipinski definition) is 1. The van der Waals surface area contributed by atoms with Gasteiger partial charge in [-0.15, -0.1) is 0 Å². The van der Waals surface area contributed by atoms with Crippen molar-refractivity contribution in [2.45, 2.75) is 50.8 Å². The van der Waals surface area contributed by atoms with Gasteiger partial charge in [-0.2, -0.15) is 0 Å². The van der Waals surface area contributed by atoms with Gasteiger partial charge in [-0.05, 0) is 30.7 Å². The molecule has 3 nitrogen and oxygen atoms in total. The summed E-state index contributed by atoms with van der Waals surface area (Å²) < 4.78 is 5.42. The standard InChI is InChI=1S/C16H21NO2/c18-16(19-11-12-6-2-1-3-7-12)15-10-13-8-4-5-9-14(13)17-15/h1-3,6-7,13-15,17H,4-5,8-11H2/t13?,14-,15-/m1/s1. The molecule has 102 valence electrons. The van der Waals surface area contributed by atoms with Crippen LogP contribution in [-0.4, -0.2) is 18.1 Å². The highest BCUT2D eigenvalue weighted by atomic mass is 16.5. The van der Waals surface area contributed by atoms with Crippen LogP contribution in [0, 0.1) is 5.92 Å². The Kier molecular flexibility index (Phi) is 3.83. The first-order valence-corrected chi connectivity index (χ1v) is 7.29. The minimum atomic E-state index is -0.0863. The minimum Gasteiger partial charge on any atom is -0.460 e. The van der Waals surface area contributed by atoms with E-state index in [1.54, 1.807) is 0 Å². The first-order chi connectivity index (χ1) is 9.33. The number of nitrogens with one attached hydrogen (secondary N) is 1. The van der Waals surface area contributed by atoms with Crippen LogP contribution in [0.15, 0.2) is 30.3 Å². The number of carbonyl (C=O) groups excluding carboxylic acids is 1. The van der Waals surface area contributed by atoms with Crippen molar-refractivity contribution in [1.29, 1.82) is 0 Å². The average Bonchev–Trinajstić information content (AvgIpc) is 2.90. The quantitative estimate of drug-likeness (QED) is 0.848. The van der Waals surface area contributed by atoms with Gasteiger partial charge >= 0.3 is 5.97 Å². The Balaban J connectivity index is 1.51. The maximum absolute atomic E-state index is 12.1. The largest absolute Gasteiger partial charge is 0.460 e. The lowest BCUT2D eigenvalue weighted by Crippen LogP contribution is -2.37. The predicted octanol–water partition coefficient (Wildman–Crippen LogP) is 2.65. The summed E-state index contributed by atoms with van der Waals surface area (Å²) in [6.45, 7) is 0.382. The smallest absolute Gasteiger partial charge is 0.323 e. The van der Waals surface area contributed by atoms with Crippen LogP contribution in [-0.2, 0) is 16.1 Å². The fraction of sp³-hybridized carbons (Fsp3) is 0.562. The summed E-state index contributed by atoms with van der Waals surface area (Å²) in [6, 6.07) is 10.3. The molecule has 2 aliphatic rings. The zero-order chi connectivity index (χ0) is 13.1. The normalized spacial score (nSPS) is 29.8. The first kappa shape index (κ1) is 12.7. The van der Waals surface area contributed by atoms with E-state index in [-0.39, 0.29) is 12.0 Å². The van der Waals surface area contributed by atoms with E-state index in [4.69, 9.17) is 4.74 Å². The van der Waals surface area contributed by atoms with Gasteiger partial charge in [0.15, 0.2) is 0 Å². The molecule has 3 heteroatoms. The average molecular weight is 259 g/mol. The van der Waals surface area contributed by atoms with Gasteiger partial charge in [-0.25, -0.2) is 0 Å². The van der Waals surface area contributed by atoms with Crippen molar-refractivity contribution >= 4 is 5.97 Å². The molecular formula is C16H21NO2. The maximum Gasteiger partial charge on any atom is 0.323 e. The number of ether oxygens (including phenoxy) is 1. The summed E-state index contributed by atoms with van der Waals surface area (Å²) in [5.74, 6) is 0.598. The van der Waals surface area contributed by atoms with Gasteiger partial charge in [0, 0.05) is 6.04 Å². The molecule has 0 spiro atoms. The Labute approximate surface area is 114 Å². The Bertz CT molecular complexity index is 418. The van der Waals surface area contributed by atoms with Gasteiger partial charge in [0.05, 0.1) is 0 Å².